The molecule has 126 valence electrons. The second-order valence-corrected chi connectivity index (χ2v) is 8.64. The summed E-state index contributed by atoms with van der Waals surface area (Å²) in [4.78, 5) is 19.1. The lowest BCUT2D eigenvalue weighted by Crippen LogP contribution is -2.40. The first kappa shape index (κ1) is 16.1. The molecule has 1 saturated heterocycles. The number of carbonyl (C=O) groups is 1. The minimum Gasteiger partial charge on any atom is -0.321 e. The maximum atomic E-state index is 11.7. The summed E-state index contributed by atoms with van der Waals surface area (Å²) >= 11 is 3.57. The molecule has 1 N–H and O–H groups in total. The number of amides is 1. The van der Waals surface area contributed by atoms with Crippen molar-refractivity contribution in [2.24, 2.45) is 5.92 Å². The average Bonchev–Trinajstić information content (AvgIpc) is 3.13. The second kappa shape index (κ2) is 6.50. The highest BCUT2D eigenvalue weighted by molar-refractivity contribution is 8.04. The molecule has 0 aliphatic carbocycles. The largest absolute Gasteiger partial charge is 0.321 e. The molecule has 1 fully saturated rings. The van der Waals surface area contributed by atoms with Crippen molar-refractivity contribution < 1.29 is 4.79 Å². The van der Waals surface area contributed by atoms with Crippen molar-refractivity contribution in [3.8, 4) is 0 Å². The van der Waals surface area contributed by atoms with Crippen LogP contribution in [0.2, 0.25) is 0 Å². The van der Waals surface area contributed by atoms with Crippen LogP contribution >= 0.6 is 23.1 Å². The third kappa shape index (κ3) is 2.87. The SMILES string of the molecule is CCN1CCC2C(c3nc4ccccc4s3)=C(NC(C)=O)SC2C1. The molecule has 6 heteroatoms. The number of nitrogens with zero attached hydrogens (tertiary/aromatic N) is 2. The molecule has 0 saturated carbocycles. The van der Waals surface area contributed by atoms with Gasteiger partial charge in [-0.1, -0.05) is 19.1 Å². The van der Waals surface area contributed by atoms with E-state index in [0.717, 1.165) is 41.6 Å². The van der Waals surface area contributed by atoms with E-state index in [2.05, 4.69) is 35.3 Å². The van der Waals surface area contributed by atoms with Crippen molar-refractivity contribution in [2.45, 2.75) is 25.5 Å². The molecule has 2 aliphatic rings. The fourth-order valence-corrected chi connectivity index (χ4v) is 6.35. The van der Waals surface area contributed by atoms with Gasteiger partial charge < -0.3 is 10.2 Å². The Hall–Kier alpha value is -1.37. The maximum absolute atomic E-state index is 11.7. The molecule has 2 atom stereocenters. The molecule has 1 aromatic heterocycles. The van der Waals surface area contributed by atoms with Crippen molar-refractivity contribution in [1.29, 1.82) is 0 Å². The van der Waals surface area contributed by atoms with Crippen LogP contribution in [0.15, 0.2) is 29.3 Å². The zero-order valence-corrected chi connectivity index (χ0v) is 15.5. The summed E-state index contributed by atoms with van der Waals surface area (Å²) in [7, 11) is 0. The Balaban J connectivity index is 1.74. The predicted octanol–water partition coefficient (Wildman–Crippen LogP) is 3.56. The van der Waals surface area contributed by atoms with Gasteiger partial charge in [0.25, 0.3) is 0 Å². The highest BCUT2D eigenvalue weighted by Gasteiger charge is 2.41. The Morgan fingerprint density at radius 3 is 3.00 bits per heavy atom. The number of likely N-dealkylation sites (tertiary alicyclic amines) is 1. The van der Waals surface area contributed by atoms with Gasteiger partial charge in [-0.3, -0.25) is 4.79 Å². The first-order chi connectivity index (χ1) is 11.7. The molecule has 0 radical (unpaired) electrons. The van der Waals surface area contributed by atoms with Gasteiger partial charge in [0.05, 0.1) is 15.2 Å². The van der Waals surface area contributed by atoms with Gasteiger partial charge in [0.1, 0.15) is 5.01 Å². The summed E-state index contributed by atoms with van der Waals surface area (Å²) in [5.41, 5.74) is 2.31. The number of rotatable bonds is 3. The Morgan fingerprint density at radius 1 is 1.42 bits per heavy atom. The molecule has 4 nitrogen and oxygen atoms in total. The van der Waals surface area contributed by atoms with E-state index in [1.807, 2.05) is 17.8 Å². The smallest absolute Gasteiger partial charge is 0.221 e. The summed E-state index contributed by atoms with van der Waals surface area (Å²) in [6.07, 6.45) is 1.14. The average molecular weight is 360 g/mol. The number of carbonyl (C=O) groups excluding carboxylic acids is 1. The Bertz CT molecular complexity index is 780. The molecule has 2 aromatic rings. The topological polar surface area (TPSA) is 45.2 Å². The third-order valence-electron chi connectivity index (χ3n) is 4.79. The van der Waals surface area contributed by atoms with Crippen molar-refractivity contribution in [1.82, 2.24) is 15.2 Å². The normalized spacial score (nSPS) is 24.4. The maximum Gasteiger partial charge on any atom is 0.221 e. The van der Waals surface area contributed by atoms with Gasteiger partial charge >= 0.3 is 0 Å². The predicted molar refractivity (Wildman–Crippen MR) is 102 cm³/mol. The number of aromatic nitrogens is 1. The third-order valence-corrected chi connectivity index (χ3v) is 7.20. The quantitative estimate of drug-likeness (QED) is 0.910. The van der Waals surface area contributed by atoms with E-state index in [-0.39, 0.29) is 5.91 Å². The van der Waals surface area contributed by atoms with Crippen LogP contribution in [0.3, 0.4) is 0 Å². The zero-order chi connectivity index (χ0) is 16.7. The molecule has 4 rings (SSSR count). The van der Waals surface area contributed by atoms with Crippen LogP contribution in [0.25, 0.3) is 15.8 Å². The molecular weight excluding hydrogens is 338 g/mol. The second-order valence-electron chi connectivity index (χ2n) is 6.36. The number of fused-ring (bicyclic) bond motifs is 2. The van der Waals surface area contributed by atoms with Gasteiger partial charge in [0.15, 0.2) is 0 Å². The lowest BCUT2D eigenvalue weighted by Gasteiger charge is -2.34. The number of benzene rings is 1. The van der Waals surface area contributed by atoms with Crippen molar-refractivity contribution in [3.63, 3.8) is 0 Å². The number of thioether (sulfide) groups is 1. The molecule has 1 aromatic carbocycles. The standard InChI is InChI=1S/C18H21N3OS2/c1-3-21-9-8-12-15(10-21)24-17(19-11(2)22)16(12)18-20-13-6-4-5-7-14(13)23-18/h4-7,12,15H,3,8-10H2,1-2H3,(H,19,22). The molecule has 0 bridgehead atoms. The number of hydrogen-bond donors (Lipinski definition) is 1. The van der Waals surface area contributed by atoms with Crippen LogP contribution in [0, 0.1) is 5.92 Å². The first-order valence-corrected chi connectivity index (χ1v) is 10.1. The van der Waals surface area contributed by atoms with Gasteiger partial charge in [-0.2, -0.15) is 0 Å². The van der Waals surface area contributed by atoms with E-state index in [1.54, 1.807) is 18.3 Å². The molecule has 24 heavy (non-hydrogen) atoms. The molecular formula is C18H21N3OS2. The lowest BCUT2D eigenvalue weighted by molar-refractivity contribution is -0.118. The molecule has 2 aliphatic heterocycles. The van der Waals surface area contributed by atoms with Crippen LogP contribution in [0.1, 0.15) is 25.3 Å². The summed E-state index contributed by atoms with van der Waals surface area (Å²) in [5, 5.41) is 5.69. The lowest BCUT2D eigenvalue weighted by atomic mass is 9.89. The van der Waals surface area contributed by atoms with Crippen molar-refractivity contribution >= 4 is 44.8 Å². The fourth-order valence-electron chi connectivity index (χ4n) is 3.60. The highest BCUT2D eigenvalue weighted by Crippen LogP contribution is 2.50. The Labute approximate surface area is 150 Å². The first-order valence-electron chi connectivity index (χ1n) is 8.42. The number of piperidine rings is 1. The summed E-state index contributed by atoms with van der Waals surface area (Å²) < 4.78 is 1.21. The Morgan fingerprint density at radius 2 is 2.25 bits per heavy atom. The van der Waals surface area contributed by atoms with E-state index in [9.17, 15) is 4.79 Å². The van der Waals surface area contributed by atoms with Crippen LogP contribution in [-0.2, 0) is 4.79 Å². The van der Waals surface area contributed by atoms with Crippen LogP contribution in [0.5, 0.6) is 0 Å². The minimum absolute atomic E-state index is 0.00195. The fraction of sp³-hybridized carbons (Fsp3) is 0.444. The zero-order valence-electron chi connectivity index (χ0n) is 13.9. The van der Waals surface area contributed by atoms with Crippen LogP contribution in [0.4, 0.5) is 0 Å². The van der Waals surface area contributed by atoms with Crippen LogP contribution in [-0.4, -0.2) is 40.7 Å². The Kier molecular flexibility index (Phi) is 4.37. The van der Waals surface area contributed by atoms with Gasteiger partial charge in [-0.25, -0.2) is 4.98 Å². The van der Waals surface area contributed by atoms with E-state index in [0.29, 0.717) is 11.2 Å². The number of hydrogen-bond acceptors (Lipinski definition) is 5. The van der Waals surface area contributed by atoms with Gasteiger partial charge in [-0.05, 0) is 31.6 Å². The molecule has 3 heterocycles. The van der Waals surface area contributed by atoms with E-state index >= 15 is 0 Å². The minimum atomic E-state index is 0.00195. The van der Waals surface area contributed by atoms with E-state index < -0.39 is 0 Å². The van der Waals surface area contributed by atoms with E-state index in [4.69, 9.17) is 4.98 Å². The van der Waals surface area contributed by atoms with Crippen molar-refractivity contribution in [2.75, 3.05) is 19.6 Å². The van der Waals surface area contributed by atoms with Gasteiger partial charge in [0.2, 0.25) is 5.91 Å². The van der Waals surface area contributed by atoms with Gasteiger partial charge in [-0.15, -0.1) is 23.1 Å². The number of thiazole rings is 1. The number of allylic oxidation sites excluding steroid dienone is 1. The number of para-hydroxylation sites is 1. The molecule has 2 unspecified atom stereocenters. The van der Waals surface area contributed by atoms with Crippen LogP contribution < -0.4 is 5.32 Å². The summed E-state index contributed by atoms with van der Waals surface area (Å²) in [6.45, 7) is 7.11. The van der Waals surface area contributed by atoms with E-state index in [1.165, 1.54) is 10.3 Å². The van der Waals surface area contributed by atoms with Gasteiger partial charge in [0, 0.05) is 30.2 Å². The molecule has 1 amide bonds. The summed E-state index contributed by atoms with van der Waals surface area (Å²) in [5.74, 6) is 0.488. The number of nitrogens with one attached hydrogen (secondary N) is 1. The summed E-state index contributed by atoms with van der Waals surface area (Å²) in [6, 6.07) is 8.27. The monoisotopic (exact) mass is 359 g/mol. The van der Waals surface area contributed by atoms with Crippen molar-refractivity contribution in [3.05, 3.63) is 34.3 Å². The highest BCUT2D eigenvalue weighted by atomic mass is 32.2. The molecule has 0 spiro atoms.